The summed E-state index contributed by atoms with van der Waals surface area (Å²) in [5.41, 5.74) is -0.338. The van der Waals surface area contributed by atoms with Crippen LogP contribution in [0.3, 0.4) is 0 Å². The standard InChI is InChI=1S/C13H25NO3/c1-9(2)7-11(15)14(13(4,5)6)8-10(3)12(16)17/h9-10H,7-8H2,1-6H3,(H,16,17). The monoisotopic (exact) mass is 243 g/mol. The molecule has 0 radical (unpaired) electrons. The molecular weight excluding hydrogens is 218 g/mol. The Hall–Kier alpha value is -1.06. The molecule has 4 nitrogen and oxygen atoms in total. The van der Waals surface area contributed by atoms with E-state index < -0.39 is 11.9 Å². The van der Waals surface area contributed by atoms with Gasteiger partial charge in [0.25, 0.3) is 0 Å². The van der Waals surface area contributed by atoms with Crippen molar-refractivity contribution >= 4 is 11.9 Å². The van der Waals surface area contributed by atoms with Gasteiger partial charge in [-0.1, -0.05) is 20.8 Å². The number of hydrogen-bond acceptors (Lipinski definition) is 2. The van der Waals surface area contributed by atoms with E-state index in [2.05, 4.69) is 0 Å². The largest absolute Gasteiger partial charge is 0.481 e. The molecule has 0 heterocycles. The van der Waals surface area contributed by atoms with Gasteiger partial charge in [-0.15, -0.1) is 0 Å². The minimum Gasteiger partial charge on any atom is -0.481 e. The summed E-state index contributed by atoms with van der Waals surface area (Å²) in [6, 6.07) is 0. The third-order valence-electron chi connectivity index (χ3n) is 2.57. The van der Waals surface area contributed by atoms with E-state index in [1.807, 2.05) is 34.6 Å². The van der Waals surface area contributed by atoms with Crippen molar-refractivity contribution in [3.8, 4) is 0 Å². The zero-order chi connectivity index (χ0) is 13.8. The second-order valence-corrected chi connectivity index (χ2v) is 6.01. The first kappa shape index (κ1) is 15.9. The molecule has 1 unspecified atom stereocenters. The molecule has 1 N–H and O–H groups in total. The number of carbonyl (C=O) groups is 2. The van der Waals surface area contributed by atoms with Gasteiger partial charge >= 0.3 is 5.97 Å². The molecule has 0 bridgehead atoms. The van der Waals surface area contributed by atoms with Gasteiger partial charge in [0.1, 0.15) is 0 Å². The molecule has 1 amide bonds. The second kappa shape index (κ2) is 6.03. The lowest BCUT2D eigenvalue weighted by molar-refractivity contribution is -0.145. The van der Waals surface area contributed by atoms with Crippen molar-refractivity contribution in [3.63, 3.8) is 0 Å². The Balaban J connectivity index is 4.78. The summed E-state index contributed by atoms with van der Waals surface area (Å²) in [5, 5.41) is 8.92. The van der Waals surface area contributed by atoms with Crippen LogP contribution in [-0.4, -0.2) is 34.0 Å². The van der Waals surface area contributed by atoms with Gasteiger partial charge in [0.05, 0.1) is 5.92 Å². The third-order valence-corrected chi connectivity index (χ3v) is 2.57. The summed E-state index contributed by atoms with van der Waals surface area (Å²) in [6.07, 6.45) is 0.462. The summed E-state index contributed by atoms with van der Waals surface area (Å²) in [4.78, 5) is 24.6. The highest BCUT2D eigenvalue weighted by Gasteiger charge is 2.29. The van der Waals surface area contributed by atoms with Crippen LogP contribution in [0.15, 0.2) is 0 Å². The zero-order valence-corrected chi connectivity index (χ0v) is 11.8. The quantitative estimate of drug-likeness (QED) is 0.806. The smallest absolute Gasteiger partial charge is 0.308 e. The normalized spacial score (nSPS) is 13.6. The predicted molar refractivity (Wildman–Crippen MR) is 67.7 cm³/mol. The number of rotatable bonds is 5. The first-order valence-electron chi connectivity index (χ1n) is 6.09. The molecule has 0 saturated heterocycles. The number of carbonyl (C=O) groups excluding carboxylic acids is 1. The molecular formula is C13H25NO3. The molecule has 0 aliphatic rings. The molecule has 0 aliphatic heterocycles. The van der Waals surface area contributed by atoms with E-state index in [1.165, 1.54) is 0 Å². The van der Waals surface area contributed by atoms with Gasteiger partial charge in [-0.05, 0) is 26.7 Å². The SMILES string of the molecule is CC(C)CC(=O)N(CC(C)C(=O)O)C(C)(C)C. The molecule has 100 valence electrons. The van der Waals surface area contributed by atoms with Crippen LogP contribution < -0.4 is 0 Å². The van der Waals surface area contributed by atoms with Gasteiger partial charge in [0, 0.05) is 18.5 Å². The average molecular weight is 243 g/mol. The summed E-state index contributed by atoms with van der Waals surface area (Å²) in [5.74, 6) is -1.09. The number of nitrogens with zero attached hydrogens (tertiary/aromatic N) is 1. The number of amides is 1. The Bertz CT molecular complexity index is 279. The molecule has 0 aromatic carbocycles. The van der Waals surface area contributed by atoms with Gasteiger partial charge in [0.2, 0.25) is 5.91 Å². The third kappa shape index (κ3) is 5.71. The number of aliphatic carboxylic acids is 1. The van der Waals surface area contributed by atoms with Gasteiger partial charge in [-0.3, -0.25) is 9.59 Å². The van der Waals surface area contributed by atoms with Crippen molar-refractivity contribution in [3.05, 3.63) is 0 Å². The first-order valence-corrected chi connectivity index (χ1v) is 6.09. The van der Waals surface area contributed by atoms with Crippen molar-refractivity contribution < 1.29 is 14.7 Å². The molecule has 1 atom stereocenters. The topological polar surface area (TPSA) is 57.6 Å². The number of carboxylic acids is 1. The van der Waals surface area contributed by atoms with E-state index >= 15 is 0 Å². The Kier molecular flexibility index (Phi) is 5.66. The number of hydrogen-bond donors (Lipinski definition) is 1. The lowest BCUT2D eigenvalue weighted by Crippen LogP contribution is -2.48. The molecule has 17 heavy (non-hydrogen) atoms. The lowest BCUT2D eigenvalue weighted by Gasteiger charge is -2.37. The zero-order valence-electron chi connectivity index (χ0n) is 11.8. The minimum absolute atomic E-state index is 0.0283. The van der Waals surface area contributed by atoms with Crippen molar-refractivity contribution in [1.82, 2.24) is 4.90 Å². The Morgan fingerprint density at radius 3 is 1.94 bits per heavy atom. The first-order chi connectivity index (χ1) is 7.55. The fraction of sp³-hybridized carbons (Fsp3) is 0.846. The second-order valence-electron chi connectivity index (χ2n) is 6.01. The van der Waals surface area contributed by atoms with Crippen LogP contribution in [0.1, 0.15) is 48.0 Å². The maximum absolute atomic E-state index is 12.1. The highest BCUT2D eigenvalue weighted by atomic mass is 16.4. The summed E-state index contributed by atoms with van der Waals surface area (Å²) < 4.78 is 0. The van der Waals surface area contributed by atoms with Crippen molar-refractivity contribution in [2.75, 3.05) is 6.54 Å². The predicted octanol–water partition coefficient (Wildman–Crippen LogP) is 2.38. The van der Waals surface area contributed by atoms with E-state index in [0.29, 0.717) is 6.42 Å². The molecule has 0 aliphatic carbocycles. The highest BCUT2D eigenvalue weighted by Crippen LogP contribution is 2.18. The molecule has 0 rings (SSSR count). The van der Waals surface area contributed by atoms with Crippen LogP contribution in [0, 0.1) is 11.8 Å². The average Bonchev–Trinajstić information content (AvgIpc) is 2.09. The molecule has 4 heteroatoms. The van der Waals surface area contributed by atoms with Crippen LogP contribution in [0.5, 0.6) is 0 Å². The maximum atomic E-state index is 12.1. The van der Waals surface area contributed by atoms with E-state index in [-0.39, 0.29) is 23.9 Å². The Morgan fingerprint density at radius 1 is 1.18 bits per heavy atom. The summed E-state index contributed by atoms with van der Waals surface area (Å²) in [6.45, 7) is 11.7. The van der Waals surface area contributed by atoms with Gasteiger partial charge in [-0.25, -0.2) is 0 Å². The maximum Gasteiger partial charge on any atom is 0.308 e. The highest BCUT2D eigenvalue weighted by molar-refractivity contribution is 5.78. The van der Waals surface area contributed by atoms with E-state index in [0.717, 1.165) is 0 Å². The van der Waals surface area contributed by atoms with Crippen LogP contribution in [-0.2, 0) is 9.59 Å². The van der Waals surface area contributed by atoms with Crippen LogP contribution in [0.2, 0.25) is 0 Å². The van der Waals surface area contributed by atoms with Gasteiger partial charge in [-0.2, -0.15) is 0 Å². The summed E-state index contributed by atoms with van der Waals surface area (Å²) >= 11 is 0. The van der Waals surface area contributed by atoms with Crippen LogP contribution >= 0.6 is 0 Å². The molecule has 0 spiro atoms. The van der Waals surface area contributed by atoms with Gasteiger partial charge in [0.15, 0.2) is 0 Å². The van der Waals surface area contributed by atoms with Crippen molar-refractivity contribution in [2.24, 2.45) is 11.8 Å². The lowest BCUT2D eigenvalue weighted by atomic mass is 10.0. The Morgan fingerprint density at radius 2 is 1.65 bits per heavy atom. The van der Waals surface area contributed by atoms with E-state index in [1.54, 1.807) is 11.8 Å². The molecule has 0 saturated carbocycles. The van der Waals surface area contributed by atoms with Gasteiger partial charge < -0.3 is 10.0 Å². The van der Waals surface area contributed by atoms with Crippen molar-refractivity contribution in [2.45, 2.75) is 53.5 Å². The fourth-order valence-electron chi connectivity index (χ4n) is 1.56. The van der Waals surface area contributed by atoms with E-state index in [9.17, 15) is 9.59 Å². The van der Waals surface area contributed by atoms with E-state index in [4.69, 9.17) is 5.11 Å². The fourth-order valence-corrected chi connectivity index (χ4v) is 1.56. The summed E-state index contributed by atoms with van der Waals surface area (Å²) in [7, 11) is 0. The van der Waals surface area contributed by atoms with Crippen LogP contribution in [0.25, 0.3) is 0 Å². The number of carboxylic acid groups (broad SMARTS) is 1. The Labute approximate surface area is 104 Å². The van der Waals surface area contributed by atoms with Crippen LogP contribution in [0.4, 0.5) is 0 Å². The molecule has 0 fully saturated rings. The van der Waals surface area contributed by atoms with Crippen molar-refractivity contribution in [1.29, 1.82) is 0 Å². The molecule has 0 aromatic heterocycles. The molecule has 0 aromatic rings. The minimum atomic E-state index is -0.864.